The Morgan fingerprint density at radius 3 is 2.45 bits per heavy atom. The minimum Gasteiger partial charge on any atom is -0.495 e. The van der Waals surface area contributed by atoms with Gasteiger partial charge in [0.15, 0.2) is 0 Å². The third kappa shape index (κ3) is 5.97. The molecule has 0 spiro atoms. The third-order valence-electron chi connectivity index (χ3n) is 6.76. The number of carbonyl (C=O) groups is 2. The van der Waals surface area contributed by atoms with Crippen molar-refractivity contribution in [3.8, 4) is 18.1 Å². The van der Waals surface area contributed by atoms with Crippen molar-refractivity contribution < 1.29 is 32.2 Å². The topological polar surface area (TPSA) is 85.7 Å². The van der Waals surface area contributed by atoms with Gasteiger partial charge in [0.05, 0.1) is 37.2 Å². The number of aromatic nitrogens is 2. The lowest BCUT2D eigenvalue weighted by molar-refractivity contribution is -0.351. The molecule has 2 heterocycles. The highest BCUT2D eigenvalue weighted by atomic mass is 19.4. The maximum absolute atomic E-state index is 13.4. The number of fused-ring (bicyclic) bond motifs is 1. The number of nitrogens with one attached hydrogen (secondary N) is 1. The number of ether oxygens (including phenoxy) is 2. The molecular weight excluding hydrogens is 525 g/mol. The smallest absolute Gasteiger partial charge is 0.495 e. The van der Waals surface area contributed by atoms with E-state index in [2.05, 4.69) is 21.1 Å². The molecule has 0 radical (unpaired) electrons. The van der Waals surface area contributed by atoms with Gasteiger partial charge in [0, 0.05) is 17.8 Å². The summed E-state index contributed by atoms with van der Waals surface area (Å²) in [4.78, 5) is 27.9. The second-order valence-electron chi connectivity index (χ2n) is 9.05. The molecule has 1 N–H and O–H groups in total. The lowest BCUT2D eigenvalue weighted by Gasteiger charge is -2.36. The van der Waals surface area contributed by atoms with Gasteiger partial charge in [0.2, 0.25) is 0 Å². The van der Waals surface area contributed by atoms with E-state index in [4.69, 9.17) is 11.2 Å². The average Bonchev–Trinajstić information content (AvgIpc) is 3.34. The van der Waals surface area contributed by atoms with Crippen LogP contribution < -0.4 is 15.0 Å². The van der Waals surface area contributed by atoms with Crippen molar-refractivity contribution in [1.82, 2.24) is 9.78 Å². The van der Waals surface area contributed by atoms with Crippen LogP contribution in [0.4, 0.5) is 24.5 Å². The maximum Gasteiger partial charge on any atom is 0.522 e. The van der Waals surface area contributed by atoms with Gasteiger partial charge in [0.25, 0.3) is 11.8 Å². The molecule has 210 valence electrons. The van der Waals surface area contributed by atoms with Gasteiger partial charge in [-0.05, 0) is 54.7 Å². The Labute approximate surface area is 230 Å². The first-order valence-electron chi connectivity index (χ1n) is 12.8. The summed E-state index contributed by atoms with van der Waals surface area (Å²) in [5.74, 6) is 2.13. The molecular formula is C29H29F3N4O4. The predicted octanol–water partition coefficient (Wildman–Crippen LogP) is 5.59. The first kappa shape index (κ1) is 28.7. The van der Waals surface area contributed by atoms with Gasteiger partial charge in [0.1, 0.15) is 11.4 Å². The van der Waals surface area contributed by atoms with Crippen LogP contribution >= 0.6 is 0 Å². The Kier molecular flexibility index (Phi) is 8.49. The minimum atomic E-state index is -4.63. The van der Waals surface area contributed by atoms with Crippen molar-refractivity contribution in [3.63, 3.8) is 0 Å². The summed E-state index contributed by atoms with van der Waals surface area (Å²) in [5, 5.41) is 6.99. The fraction of sp³-hybridized carbons (Fsp3) is 0.345. The zero-order valence-electron chi connectivity index (χ0n) is 22.3. The Balaban J connectivity index is 0.00000181. The van der Waals surface area contributed by atoms with E-state index in [1.807, 2.05) is 26.0 Å². The molecule has 0 unspecified atom stereocenters. The van der Waals surface area contributed by atoms with Gasteiger partial charge in [-0.3, -0.25) is 19.0 Å². The quantitative estimate of drug-likeness (QED) is 0.402. The molecule has 0 atom stereocenters. The molecule has 5 rings (SSSR count). The van der Waals surface area contributed by atoms with Gasteiger partial charge < -0.3 is 15.0 Å². The molecule has 1 aliphatic heterocycles. The largest absolute Gasteiger partial charge is 0.522 e. The number of alkyl halides is 3. The predicted molar refractivity (Wildman–Crippen MR) is 143 cm³/mol. The van der Waals surface area contributed by atoms with Gasteiger partial charge in [-0.1, -0.05) is 31.9 Å². The van der Waals surface area contributed by atoms with E-state index in [1.165, 1.54) is 19.4 Å². The van der Waals surface area contributed by atoms with Crippen LogP contribution in [-0.4, -0.2) is 47.7 Å². The number of nitrogens with zero attached hydrogens (tertiary/aromatic N) is 3. The molecule has 0 saturated heterocycles. The highest BCUT2D eigenvalue weighted by Gasteiger charge is 2.40. The minimum absolute atomic E-state index is 0.0235. The fourth-order valence-corrected chi connectivity index (χ4v) is 4.75. The van der Waals surface area contributed by atoms with Crippen molar-refractivity contribution in [2.75, 3.05) is 23.9 Å². The third-order valence-corrected chi connectivity index (χ3v) is 6.76. The first-order valence-corrected chi connectivity index (χ1v) is 12.8. The molecule has 40 heavy (non-hydrogen) atoms. The van der Waals surface area contributed by atoms with Gasteiger partial charge in [-0.15, -0.1) is 19.6 Å². The highest BCUT2D eigenvalue weighted by Crippen LogP contribution is 2.41. The second-order valence-corrected chi connectivity index (χ2v) is 9.05. The lowest BCUT2D eigenvalue weighted by atomic mass is 9.77. The highest BCUT2D eigenvalue weighted by molar-refractivity contribution is 6.13. The van der Waals surface area contributed by atoms with Crippen LogP contribution in [0.2, 0.25) is 0 Å². The number of benzene rings is 2. The molecule has 8 nitrogen and oxygen atoms in total. The van der Waals surface area contributed by atoms with E-state index in [1.54, 1.807) is 33.8 Å². The van der Waals surface area contributed by atoms with Crippen LogP contribution in [0.15, 0.2) is 48.7 Å². The van der Waals surface area contributed by atoms with Crippen molar-refractivity contribution in [3.05, 3.63) is 71.0 Å². The Morgan fingerprint density at radius 1 is 1.12 bits per heavy atom. The average molecular weight is 555 g/mol. The van der Waals surface area contributed by atoms with Crippen LogP contribution in [0.3, 0.4) is 0 Å². The zero-order chi connectivity index (χ0) is 29.0. The number of hydrogen-bond donors (Lipinski definition) is 1. The van der Waals surface area contributed by atoms with Gasteiger partial charge in [-0.2, -0.15) is 5.10 Å². The summed E-state index contributed by atoms with van der Waals surface area (Å²) in [6.07, 6.45) is 2.07. The van der Waals surface area contributed by atoms with E-state index >= 15 is 0 Å². The molecule has 1 saturated carbocycles. The van der Waals surface area contributed by atoms with Gasteiger partial charge >= 0.3 is 6.36 Å². The number of methoxy groups -OCH3 is 1. The van der Waals surface area contributed by atoms with Crippen LogP contribution in [0.1, 0.15) is 64.6 Å². The van der Waals surface area contributed by atoms with Crippen molar-refractivity contribution in [2.45, 2.75) is 51.6 Å². The van der Waals surface area contributed by atoms with Crippen molar-refractivity contribution in [2.24, 2.45) is 0 Å². The summed E-state index contributed by atoms with van der Waals surface area (Å²) in [6, 6.07) is 11.9. The molecule has 1 fully saturated rings. The normalized spacial score (nSPS) is 18.0. The van der Waals surface area contributed by atoms with Crippen molar-refractivity contribution in [1.29, 1.82) is 0 Å². The maximum atomic E-state index is 13.4. The molecule has 0 bridgehead atoms. The molecule has 1 aromatic heterocycles. The molecule has 1 aliphatic carbocycles. The van der Waals surface area contributed by atoms with Crippen molar-refractivity contribution >= 4 is 23.2 Å². The molecule has 2 amide bonds. The number of halogens is 3. The molecule has 2 aliphatic rings. The number of amides is 2. The van der Waals surface area contributed by atoms with Crippen LogP contribution in [-0.2, 0) is 11.3 Å². The van der Waals surface area contributed by atoms with Crippen LogP contribution in [0.25, 0.3) is 0 Å². The standard InChI is InChI=1S/C27H23F3N4O4.C2H6/c1-3-16-12-18(6-9-23(16)37-2)25(35)32-22-15-31-34-11-10-33(26(36)24(22)34)20-7-4-17(5-8-20)19-13-21(14-19)38-27(28,29)30;1-2/h1,4-9,12,15,19,21H,10-11,13-14H2,2H3,(H,32,35);1-2H3. The zero-order valence-corrected chi connectivity index (χ0v) is 22.3. The first-order chi connectivity index (χ1) is 19.2. The fourth-order valence-electron chi connectivity index (χ4n) is 4.75. The van der Waals surface area contributed by atoms with Gasteiger partial charge in [-0.25, -0.2) is 0 Å². The molecule has 3 aromatic rings. The summed E-state index contributed by atoms with van der Waals surface area (Å²) in [5.41, 5.74) is 2.76. The Bertz CT molecular complexity index is 1420. The number of anilines is 2. The SMILES string of the molecule is C#Cc1cc(C(=O)Nc2cnn3c2C(=O)N(c2ccc(C4CC(OC(F)(F)F)C4)cc2)CC3)ccc1OC.CC. The number of terminal acetylenes is 1. The molecule has 11 heteroatoms. The molecule has 2 aromatic carbocycles. The summed E-state index contributed by atoms with van der Waals surface area (Å²) >= 11 is 0. The van der Waals surface area contributed by atoms with E-state index in [-0.39, 0.29) is 23.2 Å². The van der Waals surface area contributed by atoms with Crippen LogP contribution in [0.5, 0.6) is 5.75 Å². The Hall–Kier alpha value is -4.30. The summed E-state index contributed by atoms with van der Waals surface area (Å²) < 4.78 is 47.9. The number of hydrogen-bond acceptors (Lipinski definition) is 5. The van der Waals surface area contributed by atoms with E-state index < -0.39 is 18.4 Å². The number of carbonyl (C=O) groups excluding carboxylic acids is 2. The van der Waals surface area contributed by atoms with E-state index in [0.29, 0.717) is 48.5 Å². The number of rotatable bonds is 6. The summed E-state index contributed by atoms with van der Waals surface area (Å²) in [6.45, 7) is 4.79. The Morgan fingerprint density at radius 2 is 1.82 bits per heavy atom. The lowest BCUT2D eigenvalue weighted by Crippen LogP contribution is -2.41. The monoisotopic (exact) mass is 554 g/mol. The second kappa shape index (κ2) is 11.8. The van der Waals surface area contributed by atoms with E-state index in [0.717, 1.165) is 5.56 Å². The summed E-state index contributed by atoms with van der Waals surface area (Å²) in [7, 11) is 1.48. The van der Waals surface area contributed by atoms with E-state index in [9.17, 15) is 22.8 Å². The van der Waals surface area contributed by atoms with Crippen LogP contribution in [0, 0.1) is 12.3 Å².